The van der Waals surface area contributed by atoms with Crippen molar-refractivity contribution in [3.63, 3.8) is 0 Å². The van der Waals surface area contributed by atoms with E-state index in [9.17, 15) is 13.2 Å². The zero-order valence-corrected chi connectivity index (χ0v) is 8.72. The molecule has 16 heavy (non-hydrogen) atoms. The van der Waals surface area contributed by atoms with Crippen LogP contribution in [0.25, 0.3) is 0 Å². The number of halogens is 3. The van der Waals surface area contributed by atoms with Gasteiger partial charge in [-0.15, -0.1) is 0 Å². The molecule has 0 fully saturated rings. The molecule has 6 heteroatoms. The van der Waals surface area contributed by atoms with Crippen molar-refractivity contribution >= 4 is 0 Å². The second-order valence-electron chi connectivity index (χ2n) is 3.24. The summed E-state index contributed by atoms with van der Waals surface area (Å²) in [6.07, 6.45) is -4.42. The fourth-order valence-corrected chi connectivity index (χ4v) is 1.20. The molecule has 0 saturated heterocycles. The van der Waals surface area contributed by atoms with Crippen molar-refractivity contribution < 1.29 is 17.9 Å². The molecule has 3 nitrogen and oxygen atoms in total. The van der Waals surface area contributed by atoms with Crippen LogP contribution >= 0.6 is 0 Å². The van der Waals surface area contributed by atoms with Gasteiger partial charge in [0.1, 0.15) is 17.4 Å². The zero-order chi connectivity index (χ0) is 12.3. The van der Waals surface area contributed by atoms with Gasteiger partial charge < -0.3 is 4.74 Å². The lowest BCUT2D eigenvalue weighted by Gasteiger charge is -2.11. The Morgan fingerprint density at radius 1 is 1.44 bits per heavy atom. The summed E-state index contributed by atoms with van der Waals surface area (Å²) in [5, 5.41) is 8.77. The monoisotopic (exact) mass is 230 g/mol. The topological polar surface area (TPSA) is 45.9 Å². The number of hydrogen-bond donors (Lipinski definition) is 0. The summed E-state index contributed by atoms with van der Waals surface area (Å²) in [7, 11) is 0. The van der Waals surface area contributed by atoms with Crippen LogP contribution in [0.2, 0.25) is 0 Å². The Hall–Kier alpha value is -1.77. The van der Waals surface area contributed by atoms with Crippen LogP contribution in [0.4, 0.5) is 13.2 Å². The second-order valence-corrected chi connectivity index (χ2v) is 3.24. The number of nitriles is 1. The van der Waals surface area contributed by atoms with Crippen molar-refractivity contribution in [1.29, 1.82) is 5.26 Å². The van der Waals surface area contributed by atoms with Crippen molar-refractivity contribution in [1.82, 2.24) is 4.98 Å². The summed E-state index contributed by atoms with van der Waals surface area (Å²) in [4.78, 5) is 3.97. The molecule has 0 unspecified atom stereocenters. The molecular weight excluding hydrogens is 221 g/mol. The van der Waals surface area contributed by atoms with E-state index < -0.39 is 12.8 Å². The molecule has 0 amide bonds. The number of aryl methyl sites for hydroxylation is 2. The second kappa shape index (κ2) is 4.39. The molecule has 1 heterocycles. The minimum atomic E-state index is -4.42. The third-order valence-electron chi connectivity index (χ3n) is 1.80. The number of pyridine rings is 1. The molecule has 0 aromatic carbocycles. The van der Waals surface area contributed by atoms with E-state index in [2.05, 4.69) is 9.72 Å². The lowest BCUT2D eigenvalue weighted by Crippen LogP contribution is -2.20. The van der Waals surface area contributed by atoms with Gasteiger partial charge in [0.15, 0.2) is 6.61 Å². The van der Waals surface area contributed by atoms with Crippen molar-refractivity contribution in [2.75, 3.05) is 6.61 Å². The Kier molecular flexibility index (Phi) is 3.38. The van der Waals surface area contributed by atoms with Gasteiger partial charge >= 0.3 is 6.18 Å². The smallest absolute Gasteiger partial charge is 0.422 e. The van der Waals surface area contributed by atoms with Crippen molar-refractivity contribution in [2.45, 2.75) is 20.0 Å². The predicted molar refractivity (Wildman–Crippen MR) is 50.0 cm³/mol. The summed E-state index contributed by atoms with van der Waals surface area (Å²) < 4.78 is 40.4. The molecule has 0 aliphatic carbocycles. The van der Waals surface area contributed by atoms with Gasteiger partial charge in [-0.2, -0.15) is 18.4 Å². The van der Waals surface area contributed by atoms with Crippen LogP contribution in [0.15, 0.2) is 6.07 Å². The van der Waals surface area contributed by atoms with E-state index in [1.54, 1.807) is 19.9 Å². The van der Waals surface area contributed by atoms with Crippen LogP contribution in [-0.2, 0) is 0 Å². The van der Waals surface area contributed by atoms with Gasteiger partial charge in [0, 0.05) is 11.8 Å². The number of alkyl halides is 3. The highest BCUT2D eigenvalue weighted by molar-refractivity contribution is 5.46. The standard InChI is InChI=1S/C10H9F3N2O/c1-6-3-9(16-5-10(11,12)13)8(4-14)7(2)15-6/h3H,5H2,1-2H3. The van der Waals surface area contributed by atoms with Gasteiger partial charge in [0.2, 0.25) is 0 Å². The average molecular weight is 230 g/mol. The molecule has 86 valence electrons. The van der Waals surface area contributed by atoms with Crippen LogP contribution < -0.4 is 4.74 Å². The first-order chi connectivity index (χ1) is 7.33. The summed E-state index contributed by atoms with van der Waals surface area (Å²) in [6.45, 7) is 1.76. The van der Waals surface area contributed by atoms with E-state index in [-0.39, 0.29) is 11.3 Å². The third-order valence-corrected chi connectivity index (χ3v) is 1.80. The van der Waals surface area contributed by atoms with E-state index in [0.29, 0.717) is 11.4 Å². The minimum absolute atomic E-state index is 0.0369. The quantitative estimate of drug-likeness (QED) is 0.784. The maximum Gasteiger partial charge on any atom is 0.422 e. The van der Waals surface area contributed by atoms with E-state index in [4.69, 9.17) is 5.26 Å². The highest BCUT2D eigenvalue weighted by Crippen LogP contribution is 2.24. The average Bonchev–Trinajstić information content (AvgIpc) is 2.12. The van der Waals surface area contributed by atoms with Gasteiger partial charge in [0.05, 0.1) is 5.69 Å². The van der Waals surface area contributed by atoms with Crippen molar-refractivity contribution in [3.05, 3.63) is 23.0 Å². The Bertz CT molecular complexity index is 435. The first-order valence-electron chi connectivity index (χ1n) is 4.41. The van der Waals surface area contributed by atoms with Gasteiger partial charge in [-0.05, 0) is 13.8 Å². The van der Waals surface area contributed by atoms with Crippen LogP contribution in [0.3, 0.4) is 0 Å². The number of hydrogen-bond acceptors (Lipinski definition) is 3. The van der Waals surface area contributed by atoms with E-state index in [0.717, 1.165) is 0 Å². The van der Waals surface area contributed by atoms with Crippen molar-refractivity contribution in [2.24, 2.45) is 0 Å². The van der Waals surface area contributed by atoms with Crippen LogP contribution in [0.1, 0.15) is 17.0 Å². The van der Waals surface area contributed by atoms with Gasteiger partial charge in [-0.3, -0.25) is 4.98 Å². The Morgan fingerprint density at radius 2 is 2.06 bits per heavy atom. The summed E-state index contributed by atoms with van der Waals surface area (Å²) in [5.74, 6) is -0.0789. The number of aromatic nitrogens is 1. The summed E-state index contributed by atoms with van der Waals surface area (Å²) in [5.41, 5.74) is 0.906. The maximum absolute atomic E-state index is 12.0. The number of ether oxygens (including phenoxy) is 1. The zero-order valence-electron chi connectivity index (χ0n) is 8.72. The maximum atomic E-state index is 12.0. The Balaban J connectivity index is 3.00. The molecule has 1 aromatic rings. The Labute approximate surface area is 90.5 Å². The molecule has 0 aliphatic heterocycles. The van der Waals surface area contributed by atoms with E-state index >= 15 is 0 Å². The normalized spacial score (nSPS) is 11.0. The van der Waals surface area contributed by atoms with Gasteiger partial charge in [0.25, 0.3) is 0 Å². The molecule has 0 N–H and O–H groups in total. The van der Waals surface area contributed by atoms with Gasteiger partial charge in [-0.1, -0.05) is 0 Å². The van der Waals surface area contributed by atoms with Crippen LogP contribution in [-0.4, -0.2) is 17.8 Å². The van der Waals surface area contributed by atoms with E-state index in [1.807, 2.05) is 0 Å². The number of rotatable bonds is 2. The largest absolute Gasteiger partial charge is 0.483 e. The fraction of sp³-hybridized carbons (Fsp3) is 0.400. The highest BCUT2D eigenvalue weighted by atomic mass is 19.4. The summed E-state index contributed by atoms with van der Waals surface area (Å²) >= 11 is 0. The van der Waals surface area contributed by atoms with Crippen LogP contribution in [0, 0.1) is 25.2 Å². The molecule has 1 rings (SSSR count). The molecule has 0 spiro atoms. The fourth-order valence-electron chi connectivity index (χ4n) is 1.20. The lowest BCUT2D eigenvalue weighted by atomic mass is 10.2. The lowest BCUT2D eigenvalue weighted by molar-refractivity contribution is -0.153. The minimum Gasteiger partial charge on any atom is -0.483 e. The summed E-state index contributed by atoms with van der Waals surface area (Å²) in [6, 6.07) is 3.09. The molecular formula is C10H9F3N2O. The predicted octanol–water partition coefficient (Wildman–Crippen LogP) is 2.51. The van der Waals surface area contributed by atoms with Gasteiger partial charge in [-0.25, -0.2) is 0 Å². The Morgan fingerprint density at radius 3 is 2.56 bits per heavy atom. The molecule has 0 radical (unpaired) electrons. The molecule has 0 saturated carbocycles. The SMILES string of the molecule is Cc1cc(OCC(F)(F)F)c(C#N)c(C)n1. The van der Waals surface area contributed by atoms with E-state index in [1.165, 1.54) is 6.07 Å². The molecule has 0 atom stereocenters. The first kappa shape index (κ1) is 12.3. The third kappa shape index (κ3) is 3.12. The molecule has 0 bridgehead atoms. The first-order valence-corrected chi connectivity index (χ1v) is 4.41. The van der Waals surface area contributed by atoms with Crippen molar-refractivity contribution in [3.8, 4) is 11.8 Å². The highest BCUT2D eigenvalue weighted by Gasteiger charge is 2.29. The molecule has 1 aromatic heterocycles. The number of nitrogens with zero attached hydrogens (tertiary/aromatic N) is 2. The van der Waals surface area contributed by atoms with Crippen LogP contribution in [0.5, 0.6) is 5.75 Å². The molecule has 0 aliphatic rings.